The number of Topliss-reactive ketones (excluding diaryl/α,β-unsaturated/α-hetero) is 1. The first-order valence-electron chi connectivity index (χ1n) is 10.1. The van der Waals surface area contributed by atoms with Gasteiger partial charge in [0, 0.05) is 24.0 Å². The molecule has 1 aromatic rings. The molecule has 156 valence electrons. The predicted molar refractivity (Wildman–Crippen MR) is 117 cm³/mol. The van der Waals surface area contributed by atoms with Gasteiger partial charge in [0.15, 0.2) is 5.78 Å². The van der Waals surface area contributed by atoms with Gasteiger partial charge in [-0.3, -0.25) is 4.79 Å². The van der Waals surface area contributed by atoms with E-state index in [1.54, 1.807) is 12.1 Å². The van der Waals surface area contributed by atoms with Gasteiger partial charge < -0.3 is 9.94 Å². The average molecular weight is 418 g/mol. The number of oxime groups is 1. The van der Waals surface area contributed by atoms with Gasteiger partial charge in [0.25, 0.3) is 0 Å². The quantitative estimate of drug-likeness (QED) is 0.318. The van der Waals surface area contributed by atoms with E-state index in [9.17, 15) is 14.3 Å². The Bertz CT molecular complexity index is 825. The van der Waals surface area contributed by atoms with Crippen molar-refractivity contribution >= 4 is 29.3 Å². The Hall–Kier alpha value is -2.08. The molecule has 1 atom stereocenters. The lowest BCUT2D eigenvalue weighted by molar-refractivity contribution is -0.116. The van der Waals surface area contributed by atoms with E-state index in [-0.39, 0.29) is 28.0 Å². The smallest absolute Gasteiger partial charge is 0.168 e. The molecular weight excluding hydrogens is 389 g/mol. The van der Waals surface area contributed by atoms with Crippen LogP contribution in [0.25, 0.3) is 6.08 Å². The van der Waals surface area contributed by atoms with Crippen LogP contribution in [0.15, 0.2) is 46.8 Å². The second-order valence-corrected chi connectivity index (χ2v) is 8.81. The number of halogens is 1. The van der Waals surface area contributed by atoms with Crippen molar-refractivity contribution in [1.82, 2.24) is 0 Å². The standard InChI is InChI=1S/C23H28FNO3S/c1-3-19(25-28-13-5-4-6-16-7-9-18(24)10-8-16)22-20(26)14-17(15-21(22)27)23(29-2)11-12-23/h4,6-10,17,26H,3,5,11-15H2,1-2H3. The minimum absolute atomic E-state index is 0.0283. The van der Waals surface area contributed by atoms with E-state index < -0.39 is 0 Å². The van der Waals surface area contributed by atoms with E-state index in [1.165, 1.54) is 12.1 Å². The summed E-state index contributed by atoms with van der Waals surface area (Å²) in [6.45, 7) is 2.27. The van der Waals surface area contributed by atoms with Crippen LogP contribution in [0.2, 0.25) is 0 Å². The predicted octanol–water partition coefficient (Wildman–Crippen LogP) is 5.70. The first-order chi connectivity index (χ1) is 14.0. The van der Waals surface area contributed by atoms with Crippen LogP contribution in [0.3, 0.4) is 0 Å². The molecule has 0 aliphatic heterocycles. The summed E-state index contributed by atoms with van der Waals surface area (Å²) in [5.74, 6) is 0.0876. The normalized spacial score (nSPS) is 21.7. The van der Waals surface area contributed by atoms with Gasteiger partial charge in [-0.25, -0.2) is 4.39 Å². The molecule has 0 spiro atoms. The zero-order valence-corrected chi connectivity index (χ0v) is 17.8. The van der Waals surface area contributed by atoms with E-state index in [0.717, 1.165) is 18.4 Å². The van der Waals surface area contributed by atoms with Crippen molar-refractivity contribution in [2.24, 2.45) is 11.1 Å². The molecule has 0 heterocycles. The van der Waals surface area contributed by atoms with E-state index in [4.69, 9.17) is 4.84 Å². The highest BCUT2D eigenvalue weighted by molar-refractivity contribution is 8.00. The molecule has 2 aliphatic carbocycles. The van der Waals surface area contributed by atoms with E-state index in [0.29, 0.717) is 43.6 Å². The fourth-order valence-electron chi connectivity index (χ4n) is 3.82. The molecule has 0 amide bonds. The number of nitrogens with zero attached hydrogens (tertiary/aromatic N) is 1. The molecule has 1 unspecified atom stereocenters. The Morgan fingerprint density at radius 3 is 2.66 bits per heavy atom. The summed E-state index contributed by atoms with van der Waals surface area (Å²) in [5, 5.41) is 14.7. The Morgan fingerprint density at radius 2 is 2.07 bits per heavy atom. The van der Waals surface area contributed by atoms with Crippen LogP contribution in [-0.4, -0.2) is 34.2 Å². The topological polar surface area (TPSA) is 58.9 Å². The van der Waals surface area contributed by atoms with E-state index in [2.05, 4.69) is 11.4 Å². The molecule has 1 saturated carbocycles. The molecule has 0 bridgehead atoms. The summed E-state index contributed by atoms with van der Waals surface area (Å²) in [7, 11) is 0. The minimum Gasteiger partial charge on any atom is -0.511 e. The molecule has 2 aliphatic rings. The summed E-state index contributed by atoms with van der Waals surface area (Å²) < 4.78 is 13.1. The number of rotatable bonds is 9. The van der Waals surface area contributed by atoms with Crippen LogP contribution in [0.4, 0.5) is 4.39 Å². The molecule has 6 heteroatoms. The van der Waals surface area contributed by atoms with E-state index in [1.807, 2.05) is 30.8 Å². The maximum Gasteiger partial charge on any atom is 0.168 e. The van der Waals surface area contributed by atoms with Crippen molar-refractivity contribution in [3.8, 4) is 0 Å². The van der Waals surface area contributed by atoms with Gasteiger partial charge in [0.05, 0.1) is 11.3 Å². The molecule has 29 heavy (non-hydrogen) atoms. The molecule has 0 radical (unpaired) electrons. The number of thioether (sulfide) groups is 1. The van der Waals surface area contributed by atoms with Gasteiger partial charge >= 0.3 is 0 Å². The minimum atomic E-state index is -0.256. The monoisotopic (exact) mass is 417 g/mol. The Kier molecular flexibility index (Phi) is 7.17. The van der Waals surface area contributed by atoms with Crippen molar-refractivity contribution in [3.05, 3.63) is 53.1 Å². The first kappa shape index (κ1) is 21.6. The fraction of sp³-hybridized carbons (Fsp3) is 0.478. The van der Waals surface area contributed by atoms with Crippen molar-refractivity contribution in [3.63, 3.8) is 0 Å². The second kappa shape index (κ2) is 9.61. The summed E-state index contributed by atoms with van der Waals surface area (Å²) in [4.78, 5) is 18.1. The lowest BCUT2D eigenvalue weighted by Gasteiger charge is -2.29. The third kappa shape index (κ3) is 5.30. The van der Waals surface area contributed by atoms with Crippen molar-refractivity contribution < 1.29 is 19.1 Å². The molecule has 1 fully saturated rings. The number of hydrogen-bond donors (Lipinski definition) is 1. The third-order valence-electron chi connectivity index (χ3n) is 5.69. The number of ketones is 1. The van der Waals surface area contributed by atoms with Gasteiger partial charge in [-0.2, -0.15) is 11.8 Å². The molecule has 1 aromatic carbocycles. The molecule has 3 rings (SSSR count). The lowest BCUT2D eigenvalue weighted by Crippen LogP contribution is -2.30. The SMILES string of the molecule is CCC(=NOCCC=Cc1ccc(F)cc1)C1=C(O)CC(C2(SC)CC2)CC1=O. The van der Waals surface area contributed by atoms with Crippen LogP contribution < -0.4 is 0 Å². The fourth-order valence-corrected chi connectivity index (χ4v) is 4.83. The maximum absolute atomic E-state index is 12.9. The van der Waals surface area contributed by atoms with Crippen LogP contribution >= 0.6 is 11.8 Å². The van der Waals surface area contributed by atoms with Crippen LogP contribution in [0.1, 0.15) is 51.0 Å². The van der Waals surface area contributed by atoms with Gasteiger partial charge in [-0.1, -0.05) is 36.4 Å². The number of benzene rings is 1. The van der Waals surface area contributed by atoms with Crippen LogP contribution in [0, 0.1) is 11.7 Å². The number of aliphatic hydroxyl groups excluding tert-OH is 1. The van der Waals surface area contributed by atoms with Crippen molar-refractivity contribution in [2.45, 2.75) is 50.2 Å². The maximum atomic E-state index is 12.9. The highest BCUT2D eigenvalue weighted by Gasteiger charge is 2.51. The largest absolute Gasteiger partial charge is 0.511 e. The third-order valence-corrected chi connectivity index (χ3v) is 7.24. The Balaban J connectivity index is 1.55. The highest BCUT2D eigenvalue weighted by Crippen LogP contribution is 2.56. The number of aliphatic hydroxyl groups is 1. The number of allylic oxidation sites excluding steroid dienone is 2. The average Bonchev–Trinajstić information content (AvgIpc) is 3.51. The molecule has 1 N–H and O–H groups in total. The number of carbonyl (C=O) groups excluding carboxylic acids is 1. The summed E-state index contributed by atoms with van der Waals surface area (Å²) in [6.07, 6.45) is 10.3. The van der Waals surface area contributed by atoms with Gasteiger partial charge in [0.2, 0.25) is 0 Å². The van der Waals surface area contributed by atoms with E-state index >= 15 is 0 Å². The van der Waals surface area contributed by atoms with Crippen LogP contribution in [0.5, 0.6) is 0 Å². The molecule has 4 nitrogen and oxygen atoms in total. The first-order valence-corrected chi connectivity index (χ1v) is 11.3. The van der Waals surface area contributed by atoms with Gasteiger partial charge in [-0.15, -0.1) is 0 Å². The Labute approximate surface area is 175 Å². The Morgan fingerprint density at radius 1 is 1.34 bits per heavy atom. The zero-order valence-electron chi connectivity index (χ0n) is 17.0. The van der Waals surface area contributed by atoms with Gasteiger partial charge in [-0.05, 0) is 49.1 Å². The molecular formula is C23H28FNO3S. The lowest BCUT2D eigenvalue weighted by atomic mass is 9.82. The van der Waals surface area contributed by atoms with Gasteiger partial charge in [0.1, 0.15) is 18.2 Å². The zero-order chi connectivity index (χ0) is 20.9. The molecule has 0 saturated heterocycles. The summed E-state index contributed by atoms with van der Waals surface area (Å²) in [5.41, 5.74) is 1.78. The van der Waals surface area contributed by atoms with Crippen LogP contribution in [-0.2, 0) is 9.63 Å². The van der Waals surface area contributed by atoms with Crippen molar-refractivity contribution in [1.29, 1.82) is 0 Å². The number of hydrogen-bond acceptors (Lipinski definition) is 5. The highest BCUT2D eigenvalue weighted by atomic mass is 32.2. The molecule has 0 aromatic heterocycles. The second-order valence-electron chi connectivity index (χ2n) is 7.59. The number of carbonyl (C=O) groups is 1. The summed E-state index contributed by atoms with van der Waals surface area (Å²) in [6, 6.07) is 6.26. The summed E-state index contributed by atoms with van der Waals surface area (Å²) >= 11 is 1.82. The van der Waals surface area contributed by atoms with Crippen molar-refractivity contribution in [2.75, 3.05) is 12.9 Å².